The highest BCUT2D eigenvalue weighted by Gasteiger charge is 2.47. The van der Waals surface area contributed by atoms with Crippen molar-refractivity contribution in [1.29, 1.82) is 0 Å². The lowest BCUT2D eigenvalue weighted by molar-refractivity contribution is 0.0470. The van der Waals surface area contributed by atoms with Gasteiger partial charge in [0.2, 0.25) is 0 Å². The summed E-state index contributed by atoms with van der Waals surface area (Å²) in [7, 11) is 1.66. The van der Waals surface area contributed by atoms with Gasteiger partial charge in [0.1, 0.15) is 17.6 Å². The first-order valence-electron chi connectivity index (χ1n) is 16.7. The monoisotopic (exact) mass is 630 g/mol. The van der Waals surface area contributed by atoms with E-state index >= 15 is 0 Å². The van der Waals surface area contributed by atoms with Crippen molar-refractivity contribution >= 4 is 33.8 Å². The number of para-hydroxylation sites is 1. The molecule has 3 atom stereocenters. The molecule has 5 heterocycles. The fourth-order valence-electron chi connectivity index (χ4n) is 8.18. The zero-order chi connectivity index (χ0) is 31.8. The molecule has 47 heavy (non-hydrogen) atoms. The third-order valence-corrected chi connectivity index (χ3v) is 10.9. The Morgan fingerprint density at radius 2 is 1.68 bits per heavy atom. The Morgan fingerprint density at radius 3 is 2.40 bits per heavy atom. The summed E-state index contributed by atoms with van der Waals surface area (Å²) in [5, 5.41) is 1.18. The van der Waals surface area contributed by atoms with E-state index in [-0.39, 0.29) is 29.8 Å². The summed E-state index contributed by atoms with van der Waals surface area (Å²) in [5.74, 6) is 2.66. The molecule has 3 aromatic heterocycles. The smallest absolute Gasteiger partial charge is 0.257 e. The first-order chi connectivity index (χ1) is 23.0. The van der Waals surface area contributed by atoms with E-state index in [4.69, 9.17) is 15.5 Å². The van der Waals surface area contributed by atoms with E-state index in [0.29, 0.717) is 54.9 Å². The molecule has 2 aromatic carbocycles. The zero-order valence-corrected chi connectivity index (χ0v) is 26.5. The van der Waals surface area contributed by atoms with Crippen molar-refractivity contribution in [1.82, 2.24) is 33.9 Å². The number of hydrogen-bond donors (Lipinski definition) is 1. The minimum Gasteiger partial charge on any atom is -0.494 e. The van der Waals surface area contributed by atoms with Gasteiger partial charge in [0.15, 0.2) is 5.82 Å². The Hall–Kier alpha value is -4.77. The molecule has 4 fully saturated rings. The first kappa shape index (κ1) is 28.5. The van der Waals surface area contributed by atoms with Crippen molar-refractivity contribution in [2.75, 3.05) is 26.7 Å². The molecule has 0 radical (unpaired) electrons. The highest BCUT2D eigenvalue weighted by molar-refractivity contribution is 6.00. The van der Waals surface area contributed by atoms with Gasteiger partial charge in [-0.1, -0.05) is 18.2 Å². The topological polar surface area (TPSA) is 124 Å². The highest BCUT2D eigenvalue weighted by atomic mass is 16.5. The van der Waals surface area contributed by atoms with E-state index in [1.54, 1.807) is 19.5 Å². The molecule has 2 aliphatic heterocycles. The molecule has 0 spiro atoms. The van der Waals surface area contributed by atoms with E-state index in [1.165, 1.54) is 30.1 Å². The van der Waals surface area contributed by atoms with Gasteiger partial charge in [-0.2, -0.15) is 0 Å². The maximum absolute atomic E-state index is 13.9. The van der Waals surface area contributed by atoms with Crippen LogP contribution >= 0.6 is 0 Å². The van der Waals surface area contributed by atoms with Crippen LogP contribution in [0.5, 0.6) is 5.75 Å². The van der Waals surface area contributed by atoms with Gasteiger partial charge in [-0.15, -0.1) is 0 Å². The number of hydrogen-bond acceptors (Lipinski definition) is 7. The molecule has 9 rings (SSSR count). The Bertz CT molecular complexity index is 2030. The van der Waals surface area contributed by atoms with E-state index < -0.39 is 0 Å². The number of imidazole rings is 1. The summed E-state index contributed by atoms with van der Waals surface area (Å²) >= 11 is 0. The number of carbonyl (C=O) groups excluding carboxylic acids is 2. The number of carbonyl (C=O) groups is 2. The van der Waals surface area contributed by atoms with Crippen molar-refractivity contribution in [3.05, 3.63) is 72.3 Å². The van der Waals surface area contributed by atoms with Crippen LogP contribution in [0, 0.1) is 17.8 Å². The largest absolute Gasteiger partial charge is 0.494 e. The van der Waals surface area contributed by atoms with Gasteiger partial charge in [0.25, 0.3) is 11.8 Å². The number of nitrogens with zero attached hydrogens (tertiary/aromatic N) is 7. The Balaban J connectivity index is 1.13. The number of amides is 2. The van der Waals surface area contributed by atoms with E-state index in [9.17, 15) is 9.59 Å². The van der Waals surface area contributed by atoms with Crippen LogP contribution in [0.2, 0.25) is 0 Å². The third-order valence-electron chi connectivity index (χ3n) is 10.9. The number of piperidine rings is 1. The molecule has 11 heteroatoms. The molecule has 5 aromatic rings. The van der Waals surface area contributed by atoms with Crippen LogP contribution in [-0.4, -0.2) is 84.5 Å². The molecule has 2 bridgehead atoms. The van der Waals surface area contributed by atoms with Crippen LogP contribution in [-0.2, 0) is 13.1 Å². The van der Waals surface area contributed by atoms with Crippen LogP contribution in [0.1, 0.15) is 46.4 Å². The fourth-order valence-corrected chi connectivity index (χ4v) is 8.18. The van der Waals surface area contributed by atoms with Gasteiger partial charge < -0.3 is 29.4 Å². The molecule has 2 saturated carbocycles. The van der Waals surface area contributed by atoms with Crippen molar-refractivity contribution < 1.29 is 14.3 Å². The Labute approximate surface area is 272 Å². The Morgan fingerprint density at radius 1 is 0.894 bits per heavy atom. The summed E-state index contributed by atoms with van der Waals surface area (Å²) in [6.07, 6.45) is 9.08. The number of benzene rings is 2. The molecule has 2 N–H and O–H groups in total. The van der Waals surface area contributed by atoms with E-state index in [1.807, 2.05) is 21.9 Å². The average molecular weight is 631 g/mol. The fraction of sp³-hybridized carbons (Fsp3) is 0.417. The normalized spacial score (nSPS) is 22.4. The number of nitrogens with two attached hydrogens (primary N) is 1. The predicted molar refractivity (Wildman–Crippen MR) is 177 cm³/mol. The molecular formula is C36H38N8O3. The Kier molecular flexibility index (Phi) is 6.60. The lowest BCUT2D eigenvalue weighted by Crippen LogP contribution is -2.51. The standard InChI is InChI=1S/C36H38N8O3/c1-47-31-12-25(36(46)43-19-24-8-9-29(43)32(24)37)10-27-33(31)44(18-22-15-41(16-22)35(45)26-13-38-20-39-14-26)34(40-27)30-11-23-4-2-3-5-28(23)42(30)17-21-6-7-21/h2-5,10-14,20-22,24,29,32H,6-9,15-19,37H2,1H3/t24?,29?,32-/m1/s1. The van der Waals surface area contributed by atoms with Gasteiger partial charge in [-0.25, -0.2) is 15.0 Å². The molecule has 2 saturated heterocycles. The maximum atomic E-state index is 13.9. The molecule has 11 nitrogen and oxygen atoms in total. The second-order valence-corrected chi connectivity index (χ2v) is 13.9. The molecule has 4 aliphatic rings. The van der Waals surface area contributed by atoms with Crippen molar-refractivity contribution in [3.8, 4) is 17.3 Å². The van der Waals surface area contributed by atoms with Crippen molar-refractivity contribution in [2.24, 2.45) is 23.5 Å². The van der Waals surface area contributed by atoms with Crippen LogP contribution in [0.4, 0.5) is 0 Å². The van der Waals surface area contributed by atoms with Crippen molar-refractivity contribution in [3.63, 3.8) is 0 Å². The van der Waals surface area contributed by atoms with Gasteiger partial charge in [-0.3, -0.25) is 9.59 Å². The molecule has 2 amide bonds. The molecule has 240 valence electrons. The minimum absolute atomic E-state index is 0.00941. The highest BCUT2D eigenvalue weighted by Crippen LogP contribution is 2.41. The van der Waals surface area contributed by atoms with Crippen LogP contribution in [0.15, 0.2) is 61.2 Å². The lowest BCUT2D eigenvalue weighted by Gasteiger charge is -2.39. The molecular weight excluding hydrogens is 592 g/mol. The predicted octanol–water partition coefficient (Wildman–Crippen LogP) is 4.20. The minimum atomic E-state index is -0.0572. The second kappa shape index (κ2) is 10.9. The summed E-state index contributed by atoms with van der Waals surface area (Å²) < 4.78 is 10.7. The van der Waals surface area contributed by atoms with E-state index in [0.717, 1.165) is 41.9 Å². The van der Waals surface area contributed by atoms with Crippen molar-refractivity contribution in [2.45, 2.75) is 50.9 Å². The number of rotatable bonds is 8. The quantitative estimate of drug-likeness (QED) is 0.273. The second-order valence-electron chi connectivity index (χ2n) is 13.9. The summed E-state index contributed by atoms with van der Waals surface area (Å²) in [6, 6.07) is 14.7. The van der Waals surface area contributed by atoms with Gasteiger partial charge in [0, 0.05) is 79.6 Å². The number of fused-ring (bicyclic) bond motifs is 4. The molecule has 2 unspecified atom stereocenters. The van der Waals surface area contributed by atoms with Crippen LogP contribution in [0.25, 0.3) is 33.5 Å². The van der Waals surface area contributed by atoms with Crippen LogP contribution in [0.3, 0.4) is 0 Å². The third kappa shape index (κ3) is 4.70. The summed E-state index contributed by atoms with van der Waals surface area (Å²) in [5.41, 5.74) is 11.4. The molecule has 2 aliphatic carbocycles. The maximum Gasteiger partial charge on any atom is 0.257 e. The van der Waals surface area contributed by atoms with Gasteiger partial charge in [-0.05, 0) is 61.8 Å². The number of ether oxygens (including phenoxy) is 1. The summed E-state index contributed by atoms with van der Waals surface area (Å²) in [6.45, 7) is 3.54. The average Bonchev–Trinajstić information content (AvgIpc) is 3.44. The van der Waals surface area contributed by atoms with Gasteiger partial charge >= 0.3 is 0 Å². The van der Waals surface area contributed by atoms with Gasteiger partial charge in [0.05, 0.1) is 23.9 Å². The number of methoxy groups -OCH3 is 1. The van der Waals surface area contributed by atoms with E-state index in [2.05, 4.69) is 49.4 Å². The number of likely N-dealkylation sites (tertiary alicyclic amines) is 2. The summed E-state index contributed by atoms with van der Waals surface area (Å²) in [4.78, 5) is 44.1. The lowest BCUT2D eigenvalue weighted by atomic mass is 9.98. The first-order valence-corrected chi connectivity index (χ1v) is 16.7. The SMILES string of the molecule is COc1cc(C(=O)N2CC3CCC2[C@@H]3N)cc2nc(-c3cc4ccccc4n3CC3CC3)n(CC3CN(C(=O)c4cncnc4)C3)c12. The zero-order valence-electron chi connectivity index (χ0n) is 26.5. The number of aromatic nitrogens is 5. The van der Waals surface area contributed by atoms with Crippen LogP contribution < -0.4 is 10.5 Å².